The lowest BCUT2D eigenvalue weighted by Crippen LogP contribution is -2.31. The molecule has 3 rings (SSSR count). The number of anilines is 2. The summed E-state index contributed by atoms with van der Waals surface area (Å²) in [6.45, 7) is 2.83. The number of nitrogens with one attached hydrogen (secondary N) is 1. The van der Waals surface area contributed by atoms with Gasteiger partial charge in [0.2, 0.25) is 11.0 Å². The number of hydrogen-bond donors (Lipinski definition) is 1. The van der Waals surface area contributed by atoms with Crippen molar-refractivity contribution in [3.63, 3.8) is 0 Å². The molecular weight excluding hydrogens is 411 g/mol. The highest BCUT2D eigenvalue weighted by molar-refractivity contribution is 8.01. The van der Waals surface area contributed by atoms with Crippen molar-refractivity contribution in [2.75, 3.05) is 24.7 Å². The van der Waals surface area contributed by atoms with E-state index in [9.17, 15) is 9.18 Å². The molecule has 0 bridgehead atoms. The predicted molar refractivity (Wildman–Crippen MR) is 114 cm³/mol. The van der Waals surface area contributed by atoms with Crippen LogP contribution in [0.2, 0.25) is 0 Å². The molecule has 152 valence electrons. The molecule has 0 aliphatic heterocycles. The Balaban J connectivity index is 1.56. The molecule has 1 N–H and O–H groups in total. The van der Waals surface area contributed by atoms with Gasteiger partial charge in [0.25, 0.3) is 0 Å². The van der Waals surface area contributed by atoms with Gasteiger partial charge in [0.05, 0.1) is 18.6 Å². The van der Waals surface area contributed by atoms with Crippen molar-refractivity contribution >= 4 is 39.8 Å². The Bertz CT molecular complexity index is 967. The van der Waals surface area contributed by atoms with Gasteiger partial charge in [-0.2, -0.15) is 0 Å². The number of amides is 1. The zero-order valence-corrected chi connectivity index (χ0v) is 17.7. The topological polar surface area (TPSA) is 67.4 Å². The third kappa shape index (κ3) is 5.91. The SMILES string of the molecule is CCN(Cc1cccc(F)c1)C(=O)CSc1nnc(Nc2ccccc2OC)s1. The molecule has 1 aromatic heterocycles. The average molecular weight is 433 g/mol. The first-order valence-electron chi connectivity index (χ1n) is 8.97. The number of aromatic nitrogens is 2. The van der Waals surface area contributed by atoms with Crippen LogP contribution >= 0.6 is 23.1 Å². The van der Waals surface area contributed by atoms with Crippen LogP contribution in [0.1, 0.15) is 12.5 Å². The number of carbonyl (C=O) groups is 1. The number of methoxy groups -OCH3 is 1. The van der Waals surface area contributed by atoms with Gasteiger partial charge in [-0.15, -0.1) is 10.2 Å². The molecule has 2 aromatic carbocycles. The Kier molecular flexibility index (Phi) is 7.42. The van der Waals surface area contributed by atoms with Crippen LogP contribution in [-0.4, -0.2) is 40.4 Å². The standard InChI is InChI=1S/C20H21FN4O2S2/c1-3-25(12-14-7-6-8-15(21)11-14)18(26)13-28-20-24-23-19(29-20)22-16-9-4-5-10-17(16)27-2/h4-11H,3,12-13H2,1-2H3,(H,22,23). The maximum Gasteiger partial charge on any atom is 0.233 e. The molecule has 9 heteroatoms. The average Bonchev–Trinajstić information content (AvgIpc) is 3.18. The maximum atomic E-state index is 13.4. The van der Waals surface area contributed by atoms with Crippen LogP contribution in [0.4, 0.5) is 15.2 Å². The fraction of sp³-hybridized carbons (Fsp3) is 0.250. The van der Waals surface area contributed by atoms with E-state index < -0.39 is 0 Å². The summed E-state index contributed by atoms with van der Waals surface area (Å²) < 4.78 is 19.4. The molecule has 29 heavy (non-hydrogen) atoms. The van der Waals surface area contributed by atoms with Gasteiger partial charge in [-0.1, -0.05) is 47.4 Å². The summed E-state index contributed by atoms with van der Waals surface area (Å²) >= 11 is 2.70. The van der Waals surface area contributed by atoms with Crippen LogP contribution in [0.5, 0.6) is 5.75 Å². The van der Waals surface area contributed by atoms with Crippen LogP contribution in [0.25, 0.3) is 0 Å². The fourth-order valence-electron chi connectivity index (χ4n) is 2.63. The molecule has 0 radical (unpaired) electrons. The van der Waals surface area contributed by atoms with E-state index >= 15 is 0 Å². The number of nitrogens with zero attached hydrogens (tertiary/aromatic N) is 3. The van der Waals surface area contributed by atoms with E-state index in [0.717, 1.165) is 11.3 Å². The highest BCUT2D eigenvalue weighted by Gasteiger charge is 2.15. The van der Waals surface area contributed by atoms with Crippen LogP contribution < -0.4 is 10.1 Å². The first kappa shape index (κ1) is 21.1. The van der Waals surface area contributed by atoms with E-state index in [1.807, 2.05) is 37.3 Å². The Hall–Kier alpha value is -2.65. The third-order valence-corrected chi connectivity index (χ3v) is 6.03. The first-order chi connectivity index (χ1) is 14.1. The second kappa shape index (κ2) is 10.2. The van der Waals surface area contributed by atoms with E-state index in [1.54, 1.807) is 18.1 Å². The van der Waals surface area contributed by atoms with E-state index in [-0.39, 0.29) is 17.5 Å². The van der Waals surface area contributed by atoms with E-state index in [0.29, 0.717) is 28.3 Å². The molecule has 1 amide bonds. The summed E-state index contributed by atoms with van der Waals surface area (Å²) in [6.07, 6.45) is 0. The van der Waals surface area contributed by atoms with Crippen LogP contribution in [-0.2, 0) is 11.3 Å². The first-order valence-corrected chi connectivity index (χ1v) is 10.8. The molecule has 0 aliphatic carbocycles. The minimum Gasteiger partial charge on any atom is -0.495 e. The van der Waals surface area contributed by atoms with Crippen molar-refractivity contribution in [2.24, 2.45) is 0 Å². The number of carbonyl (C=O) groups excluding carboxylic acids is 1. The van der Waals surface area contributed by atoms with E-state index in [1.165, 1.54) is 35.2 Å². The maximum absolute atomic E-state index is 13.4. The Morgan fingerprint density at radius 2 is 2.07 bits per heavy atom. The number of hydrogen-bond acceptors (Lipinski definition) is 7. The molecule has 6 nitrogen and oxygen atoms in total. The Morgan fingerprint density at radius 1 is 1.24 bits per heavy atom. The number of benzene rings is 2. The highest BCUT2D eigenvalue weighted by atomic mass is 32.2. The summed E-state index contributed by atoms with van der Waals surface area (Å²) in [6, 6.07) is 13.8. The van der Waals surface area contributed by atoms with Crippen LogP contribution in [0.15, 0.2) is 52.9 Å². The van der Waals surface area contributed by atoms with Crippen LogP contribution in [0.3, 0.4) is 0 Å². The molecule has 0 fully saturated rings. The summed E-state index contributed by atoms with van der Waals surface area (Å²) in [4.78, 5) is 14.2. The lowest BCUT2D eigenvalue weighted by Gasteiger charge is -2.20. The van der Waals surface area contributed by atoms with Crippen molar-refractivity contribution in [3.05, 3.63) is 59.9 Å². The van der Waals surface area contributed by atoms with Crippen molar-refractivity contribution in [1.82, 2.24) is 15.1 Å². The van der Waals surface area contributed by atoms with Gasteiger partial charge in [0.1, 0.15) is 11.6 Å². The third-order valence-electron chi connectivity index (χ3n) is 4.07. The highest BCUT2D eigenvalue weighted by Crippen LogP contribution is 2.31. The van der Waals surface area contributed by atoms with Gasteiger partial charge in [-0.25, -0.2) is 4.39 Å². The van der Waals surface area contributed by atoms with Crippen molar-refractivity contribution in [1.29, 1.82) is 0 Å². The van der Waals surface area contributed by atoms with Crippen molar-refractivity contribution in [2.45, 2.75) is 17.8 Å². The molecule has 0 spiro atoms. The number of para-hydroxylation sites is 2. The van der Waals surface area contributed by atoms with Gasteiger partial charge in [0, 0.05) is 13.1 Å². The Labute approximate surface area is 177 Å². The molecule has 3 aromatic rings. The monoisotopic (exact) mass is 432 g/mol. The molecular formula is C20H21FN4O2S2. The van der Waals surface area contributed by atoms with Gasteiger partial charge in [0.15, 0.2) is 4.34 Å². The lowest BCUT2D eigenvalue weighted by atomic mass is 10.2. The van der Waals surface area contributed by atoms with Gasteiger partial charge in [-0.3, -0.25) is 4.79 Å². The molecule has 1 heterocycles. The normalized spacial score (nSPS) is 10.6. The minimum atomic E-state index is -0.302. The van der Waals surface area contributed by atoms with Crippen molar-refractivity contribution in [3.8, 4) is 5.75 Å². The van der Waals surface area contributed by atoms with Crippen LogP contribution in [0, 0.1) is 5.82 Å². The quantitative estimate of drug-likeness (QED) is 0.500. The number of rotatable bonds is 9. The van der Waals surface area contributed by atoms with Crippen molar-refractivity contribution < 1.29 is 13.9 Å². The molecule has 0 unspecified atom stereocenters. The lowest BCUT2D eigenvalue weighted by molar-refractivity contribution is -0.128. The minimum absolute atomic E-state index is 0.0313. The van der Waals surface area contributed by atoms with Gasteiger partial charge in [-0.05, 0) is 36.8 Å². The second-order valence-electron chi connectivity index (χ2n) is 6.02. The number of halogens is 1. The molecule has 0 atom stereocenters. The summed E-state index contributed by atoms with van der Waals surface area (Å²) in [7, 11) is 1.61. The zero-order valence-electron chi connectivity index (χ0n) is 16.1. The number of thioether (sulfide) groups is 1. The summed E-state index contributed by atoms with van der Waals surface area (Å²) in [5.74, 6) is 0.621. The summed E-state index contributed by atoms with van der Waals surface area (Å²) in [5.41, 5.74) is 1.57. The largest absolute Gasteiger partial charge is 0.495 e. The van der Waals surface area contributed by atoms with E-state index in [2.05, 4.69) is 15.5 Å². The van der Waals surface area contributed by atoms with Gasteiger partial charge >= 0.3 is 0 Å². The van der Waals surface area contributed by atoms with E-state index in [4.69, 9.17) is 4.74 Å². The molecule has 0 saturated carbocycles. The predicted octanol–water partition coefficient (Wildman–Crippen LogP) is 4.57. The fourth-order valence-corrected chi connectivity index (χ4v) is 4.30. The molecule has 0 saturated heterocycles. The zero-order chi connectivity index (χ0) is 20.6. The Morgan fingerprint density at radius 3 is 2.83 bits per heavy atom. The molecule has 0 aliphatic rings. The number of ether oxygens (including phenoxy) is 1. The van der Waals surface area contributed by atoms with Gasteiger partial charge < -0.3 is 15.0 Å². The summed E-state index contributed by atoms with van der Waals surface area (Å²) in [5, 5.41) is 12.1. The second-order valence-corrected chi connectivity index (χ2v) is 8.22. The smallest absolute Gasteiger partial charge is 0.233 e.